The molecule has 0 saturated carbocycles. The number of unbranched alkanes of at least 4 members (excludes halogenated alkanes) is 45. The van der Waals surface area contributed by atoms with Gasteiger partial charge in [0, 0.05) is 0 Å². The molecule has 8 N–H and O–H groups in total. The monoisotopic (exact) mass is 1180 g/mol. The lowest BCUT2D eigenvalue weighted by Gasteiger charge is -2.40. The third-order valence-electron chi connectivity index (χ3n) is 17.4. The summed E-state index contributed by atoms with van der Waals surface area (Å²) >= 11 is 0. The van der Waals surface area contributed by atoms with Crippen molar-refractivity contribution in [1.82, 2.24) is 5.32 Å². The molecule has 1 aliphatic rings. The number of aliphatic hydroxyl groups is 7. The molecular weight excluding hydrogens is 1040 g/mol. The zero-order chi connectivity index (χ0) is 60.3. The van der Waals surface area contributed by atoms with Gasteiger partial charge in [0.25, 0.3) is 0 Å². The highest BCUT2D eigenvalue weighted by Gasteiger charge is 2.44. The van der Waals surface area contributed by atoms with Crippen molar-refractivity contribution >= 4 is 5.91 Å². The van der Waals surface area contributed by atoms with Crippen molar-refractivity contribution < 1.29 is 50.0 Å². The number of aliphatic hydroxyl groups excluding tert-OH is 7. The Morgan fingerprint density at radius 2 is 0.747 bits per heavy atom. The minimum Gasteiger partial charge on any atom is -0.394 e. The highest BCUT2D eigenvalue weighted by molar-refractivity contribution is 5.80. The third-order valence-corrected chi connectivity index (χ3v) is 17.4. The van der Waals surface area contributed by atoms with Crippen LogP contribution in [0.15, 0.2) is 36.5 Å². The first-order valence-corrected chi connectivity index (χ1v) is 35.9. The van der Waals surface area contributed by atoms with Gasteiger partial charge in [0.05, 0.1) is 25.4 Å². The number of carbonyl (C=O) groups is 1. The molecular formula is C72H137NO10. The van der Waals surface area contributed by atoms with Crippen LogP contribution in [-0.4, -0.2) is 110 Å². The number of rotatable bonds is 63. The Labute approximate surface area is 511 Å². The Morgan fingerprint density at radius 1 is 0.422 bits per heavy atom. The van der Waals surface area contributed by atoms with Crippen LogP contribution in [0, 0.1) is 0 Å². The van der Waals surface area contributed by atoms with E-state index in [-0.39, 0.29) is 12.8 Å². The van der Waals surface area contributed by atoms with Gasteiger partial charge in [-0.2, -0.15) is 0 Å². The Hall–Kier alpha value is -1.67. The van der Waals surface area contributed by atoms with E-state index in [1.807, 2.05) is 0 Å². The van der Waals surface area contributed by atoms with Crippen molar-refractivity contribution in [3.63, 3.8) is 0 Å². The molecule has 11 nitrogen and oxygen atoms in total. The van der Waals surface area contributed by atoms with Crippen LogP contribution in [-0.2, 0) is 14.3 Å². The lowest BCUT2D eigenvalue weighted by Crippen LogP contribution is -2.60. The first kappa shape index (κ1) is 79.3. The van der Waals surface area contributed by atoms with E-state index in [9.17, 15) is 40.5 Å². The van der Waals surface area contributed by atoms with Crippen LogP contribution in [0.4, 0.5) is 0 Å². The van der Waals surface area contributed by atoms with E-state index in [4.69, 9.17) is 9.47 Å². The first-order valence-electron chi connectivity index (χ1n) is 35.9. The van der Waals surface area contributed by atoms with E-state index < -0.39 is 74.2 Å². The molecule has 0 spiro atoms. The zero-order valence-corrected chi connectivity index (χ0v) is 54.2. The van der Waals surface area contributed by atoms with Crippen molar-refractivity contribution in [2.75, 3.05) is 13.2 Å². The number of allylic oxidation sites excluding steroid dienone is 6. The summed E-state index contributed by atoms with van der Waals surface area (Å²) in [6.07, 6.45) is 66.7. The predicted molar refractivity (Wildman–Crippen MR) is 349 cm³/mol. The predicted octanol–water partition coefficient (Wildman–Crippen LogP) is 17.4. The number of ether oxygens (including phenoxy) is 2. The van der Waals surface area contributed by atoms with Gasteiger partial charge in [0.1, 0.15) is 36.6 Å². The van der Waals surface area contributed by atoms with Crippen molar-refractivity contribution in [2.24, 2.45) is 0 Å². The summed E-state index contributed by atoms with van der Waals surface area (Å²) in [6.45, 7) is 3.49. The fraction of sp³-hybridized carbons (Fsp3) is 0.903. The molecule has 0 radical (unpaired) electrons. The molecule has 0 aromatic heterocycles. The molecule has 9 unspecified atom stereocenters. The standard InChI is InChI=1S/C72H137NO10/c1-3-5-7-9-11-13-15-17-19-21-23-25-27-29-30-31-32-33-34-35-36-38-39-41-43-45-47-49-51-53-55-57-59-64(75)67(77)63(62-82-72-70(80)69(79)68(78)66(61-74)83-72)73-71(81)65(76)60-58-56-54-52-50-48-46-44-42-40-37-28-26-24-22-20-18-16-14-12-10-8-6-4-2/h24,26,37,40,51,53,63-70,72,74-80H,3-23,25,27-36,38-39,41-50,52,54-62H2,1-2H3,(H,73,81)/b26-24-,40-37-,53-51+. The largest absolute Gasteiger partial charge is 0.394 e. The lowest BCUT2D eigenvalue weighted by molar-refractivity contribution is -0.303. The van der Waals surface area contributed by atoms with Gasteiger partial charge >= 0.3 is 0 Å². The highest BCUT2D eigenvalue weighted by Crippen LogP contribution is 2.24. The van der Waals surface area contributed by atoms with Crippen LogP contribution in [0.2, 0.25) is 0 Å². The van der Waals surface area contributed by atoms with E-state index in [1.165, 1.54) is 257 Å². The molecule has 83 heavy (non-hydrogen) atoms. The van der Waals surface area contributed by atoms with E-state index in [0.717, 1.165) is 51.4 Å². The quantitative estimate of drug-likeness (QED) is 0.0215. The van der Waals surface area contributed by atoms with Gasteiger partial charge in [-0.1, -0.05) is 314 Å². The molecule has 1 heterocycles. The van der Waals surface area contributed by atoms with E-state index in [0.29, 0.717) is 12.8 Å². The summed E-state index contributed by atoms with van der Waals surface area (Å²) < 4.78 is 11.2. The fourth-order valence-corrected chi connectivity index (χ4v) is 11.7. The van der Waals surface area contributed by atoms with Crippen LogP contribution in [0.25, 0.3) is 0 Å². The maximum atomic E-state index is 13.2. The molecule has 0 aromatic carbocycles. The molecule has 11 heteroatoms. The Morgan fingerprint density at radius 3 is 1.11 bits per heavy atom. The summed E-state index contributed by atoms with van der Waals surface area (Å²) in [6, 6.07) is -1.19. The normalized spacial score (nSPS) is 19.2. The van der Waals surface area contributed by atoms with Crippen LogP contribution in [0.5, 0.6) is 0 Å². The van der Waals surface area contributed by atoms with E-state index in [1.54, 1.807) is 0 Å². The second-order valence-corrected chi connectivity index (χ2v) is 25.3. The van der Waals surface area contributed by atoms with Gasteiger partial charge in [-0.25, -0.2) is 0 Å². The number of hydrogen-bond acceptors (Lipinski definition) is 10. The first-order chi connectivity index (χ1) is 40.7. The van der Waals surface area contributed by atoms with Gasteiger partial charge < -0.3 is 50.5 Å². The molecule has 1 saturated heterocycles. The van der Waals surface area contributed by atoms with Crippen molar-refractivity contribution in [3.05, 3.63) is 36.5 Å². The molecule has 9 atom stereocenters. The van der Waals surface area contributed by atoms with Crippen molar-refractivity contribution in [2.45, 2.75) is 403 Å². The number of amides is 1. The highest BCUT2D eigenvalue weighted by atomic mass is 16.7. The van der Waals surface area contributed by atoms with Crippen LogP contribution in [0.1, 0.15) is 348 Å². The summed E-state index contributed by atoms with van der Waals surface area (Å²) in [5.74, 6) is -0.707. The minimum atomic E-state index is -1.67. The smallest absolute Gasteiger partial charge is 0.249 e. The van der Waals surface area contributed by atoms with E-state index >= 15 is 0 Å². The molecule has 1 amide bonds. The van der Waals surface area contributed by atoms with Crippen LogP contribution in [0.3, 0.4) is 0 Å². The molecule has 0 bridgehead atoms. The number of hydrogen-bond donors (Lipinski definition) is 8. The summed E-state index contributed by atoms with van der Waals surface area (Å²) in [5.41, 5.74) is 0. The Balaban J connectivity index is 2.21. The molecule has 1 rings (SSSR count). The SMILES string of the molecule is CCCCCCCCCCC/C=C\C/C=C\CCCCCCCCCCC(O)C(=O)NC(COC1OC(CO)C(O)C(O)C1O)C(O)C(O)CCC/C=C/CCCCCCCCCCCCCCCCCCCCCCCCCCCCC. The summed E-state index contributed by atoms with van der Waals surface area (Å²) in [4.78, 5) is 13.2. The van der Waals surface area contributed by atoms with Crippen LogP contribution >= 0.6 is 0 Å². The maximum absolute atomic E-state index is 13.2. The van der Waals surface area contributed by atoms with Gasteiger partial charge in [-0.3, -0.25) is 4.79 Å². The number of nitrogens with one attached hydrogen (secondary N) is 1. The van der Waals surface area contributed by atoms with Crippen molar-refractivity contribution in [3.8, 4) is 0 Å². The third kappa shape index (κ3) is 48.0. The number of carbonyl (C=O) groups excluding carboxylic acids is 1. The molecule has 490 valence electrons. The van der Waals surface area contributed by atoms with Gasteiger partial charge in [-0.05, 0) is 70.6 Å². The minimum absolute atomic E-state index is 0.248. The summed E-state index contributed by atoms with van der Waals surface area (Å²) in [5, 5.41) is 76.5. The molecule has 0 aliphatic carbocycles. The Kier molecular flexibility index (Phi) is 57.9. The van der Waals surface area contributed by atoms with Gasteiger partial charge in [0.2, 0.25) is 5.91 Å². The maximum Gasteiger partial charge on any atom is 0.249 e. The van der Waals surface area contributed by atoms with Crippen LogP contribution < -0.4 is 5.32 Å². The summed E-state index contributed by atoms with van der Waals surface area (Å²) in [7, 11) is 0. The van der Waals surface area contributed by atoms with Gasteiger partial charge in [-0.15, -0.1) is 0 Å². The molecule has 1 fully saturated rings. The average Bonchev–Trinajstić information content (AvgIpc) is 3.68. The molecule has 1 aliphatic heterocycles. The lowest BCUT2D eigenvalue weighted by atomic mass is 9.98. The second kappa shape index (κ2) is 60.6. The average molecular weight is 1180 g/mol. The molecule has 0 aromatic rings. The van der Waals surface area contributed by atoms with Crippen molar-refractivity contribution in [1.29, 1.82) is 0 Å². The second-order valence-electron chi connectivity index (χ2n) is 25.3. The van der Waals surface area contributed by atoms with E-state index in [2.05, 4.69) is 55.6 Å². The zero-order valence-electron chi connectivity index (χ0n) is 54.2. The topological polar surface area (TPSA) is 189 Å². The Bertz CT molecular complexity index is 1440. The van der Waals surface area contributed by atoms with Gasteiger partial charge in [0.15, 0.2) is 6.29 Å². The fourth-order valence-electron chi connectivity index (χ4n) is 11.7.